The Labute approximate surface area is 274 Å². The number of carbonyl (C=O) groups is 4. The van der Waals surface area contributed by atoms with Crippen molar-refractivity contribution in [2.75, 3.05) is 26.7 Å². The number of likely N-dealkylation sites (N-methyl/N-ethyl adjacent to an activating group) is 1. The predicted octanol–water partition coefficient (Wildman–Crippen LogP) is 3.64. The first-order valence-electron chi connectivity index (χ1n) is 15.7. The molecule has 0 saturated carbocycles. The van der Waals surface area contributed by atoms with Crippen LogP contribution in [0.3, 0.4) is 0 Å². The summed E-state index contributed by atoms with van der Waals surface area (Å²) in [7, 11) is 1.68. The SMILES string of the molecule is C=CCCC(=O)N(C)[C@@H](C)[C@@H](OC(=O)[C@@H]1[C@H]2O[C@@]3(CC2Br)[C@H](C(=O)N(CC=C)C(C)C)N(CCCO)C(=O)[C@@H]13)c1ccccc1. The van der Waals surface area contributed by atoms with Gasteiger partial charge in [0, 0.05) is 44.0 Å². The Morgan fingerprint density at radius 3 is 2.49 bits per heavy atom. The number of benzene rings is 1. The summed E-state index contributed by atoms with van der Waals surface area (Å²) < 4.78 is 12.9. The minimum Gasteiger partial charge on any atom is -0.455 e. The number of likely N-dealkylation sites (tertiary alicyclic amines) is 1. The summed E-state index contributed by atoms with van der Waals surface area (Å²) in [5.74, 6) is -3.26. The van der Waals surface area contributed by atoms with Gasteiger partial charge in [0.15, 0.2) is 0 Å². The second-order valence-electron chi connectivity index (χ2n) is 12.5. The molecule has 45 heavy (non-hydrogen) atoms. The Morgan fingerprint density at radius 2 is 1.89 bits per heavy atom. The standard InChI is InChI=1S/C34H46BrN3O7/c1-7-9-16-25(40)36(6)22(5)28(23-14-11-10-12-15-23)44-33(43)26-27-31(41)38(18-13-19-39)30(32(42)37(17-8-2)21(3)4)34(27)20-24(35)29(26)45-34/h7-8,10-12,14-15,21-22,24,26-30,39H,1-2,9,13,16-20H2,3-6H3/t22-,24?,26-,27+,28+,29-,30-,34+/m0/s1. The molecule has 1 aromatic carbocycles. The zero-order chi connectivity index (χ0) is 33.1. The molecule has 0 aliphatic carbocycles. The number of hydrogen-bond donors (Lipinski definition) is 1. The van der Waals surface area contributed by atoms with Crippen LogP contribution in [0.25, 0.3) is 0 Å². The van der Waals surface area contributed by atoms with Crippen molar-refractivity contribution in [3.05, 3.63) is 61.2 Å². The van der Waals surface area contributed by atoms with E-state index in [1.165, 1.54) is 4.90 Å². The Bertz CT molecular complexity index is 1280. The number of amides is 3. The van der Waals surface area contributed by atoms with Crippen molar-refractivity contribution in [1.82, 2.24) is 14.7 Å². The van der Waals surface area contributed by atoms with Crippen molar-refractivity contribution in [1.29, 1.82) is 0 Å². The number of esters is 1. The van der Waals surface area contributed by atoms with Gasteiger partial charge in [0.05, 0.1) is 24.0 Å². The average molecular weight is 689 g/mol. The molecule has 3 amide bonds. The fourth-order valence-electron chi connectivity index (χ4n) is 7.13. The Hall–Kier alpha value is -3.02. The Balaban J connectivity index is 1.70. The highest BCUT2D eigenvalue weighted by molar-refractivity contribution is 9.09. The minimum atomic E-state index is -1.24. The molecule has 1 aromatic rings. The third kappa shape index (κ3) is 6.49. The average Bonchev–Trinajstić information content (AvgIpc) is 3.62. The molecule has 11 heteroatoms. The normalized spacial score (nSPS) is 28.0. The van der Waals surface area contributed by atoms with Gasteiger partial charge in [0.1, 0.15) is 17.7 Å². The van der Waals surface area contributed by atoms with Gasteiger partial charge < -0.3 is 29.3 Å². The highest BCUT2D eigenvalue weighted by Crippen LogP contribution is 2.60. The molecule has 2 bridgehead atoms. The van der Waals surface area contributed by atoms with Gasteiger partial charge in [-0.3, -0.25) is 19.2 Å². The van der Waals surface area contributed by atoms with E-state index < -0.39 is 47.7 Å². The third-order valence-corrected chi connectivity index (χ3v) is 10.3. The van der Waals surface area contributed by atoms with Gasteiger partial charge in [0.25, 0.3) is 0 Å². The minimum absolute atomic E-state index is 0.108. The van der Waals surface area contributed by atoms with Crippen LogP contribution in [0.1, 0.15) is 58.1 Å². The van der Waals surface area contributed by atoms with Gasteiger partial charge in [-0.05, 0) is 45.6 Å². The Kier molecular flexibility index (Phi) is 11.3. The van der Waals surface area contributed by atoms with Crippen LogP contribution in [0.2, 0.25) is 0 Å². The molecule has 1 N–H and O–H groups in total. The van der Waals surface area contributed by atoms with Crippen molar-refractivity contribution in [2.24, 2.45) is 11.8 Å². The number of fused-ring (bicyclic) bond motifs is 1. The summed E-state index contributed by atoms with van der Waals surface area (Å²) in [5.41, 5.74) is -0.533. The van der Waals surface area contributed by atoms with Crippen LogP contribution in [0.4, 0.5) is 0 Å². The maximum atomic E-state index is 14.3. The van der Waals surface area contributed by atoms with Crippen LogP contribution >= 0.6 is 15.9 Å². The second-order valence-corrected chi connectivity index (χ2v) is 13.7. The first-order valence-corrected chi connectivity index (χ1v) is 16.6. The van der Waals surface area contributed by atoms with E-state index in [4.69, 9.17) is 9.47 Å². The summed E-state index contributed by atoms with van der Waals surface area (Å²) in [6.07, 6.45) is 3.27. The summed E-state index contributed by atoms with van der Waals surface area (Å²) >= 11 is 3.70. The molecular formula is C34H46BrN3O7. The number of hydrogen-bond acceptors (Lipinski definition) is 7. The van der Waals surface area contributed by atoms with Crippen LogP contribution in [0.5, 0.6) is 0 Å². The zero-order valence-electron chi connectivity index (χ0n) is 26.6. The van der Waals surface area contributed by atoms with Gasteiger partial charge in [-0.15, -0.1) is 13.2 Å². The van der Waals surface area contributed by atoms with Crippen molar-refractivity contribution in [3.8, 4) is 0 Å². The van der Waals surface area contributed by atoms with Crippen LogP contribution < -0.4 is 0 Å². The lowest BCUT2D eigenvalue weighted by Gasteiger charge is -2.38. The molecule has 1 spiro atoms. The van der Waals surface area contributed by atoms with Crippen molar-refractivity contribution in [3.63, 3.8) is 0 Å². The molecule has 3 aliphatic heterocycles. The quantitative estimate of drug-likeness (QED) is 0.170. The van der Waals surface area contributed by atoms with Gasteiger partial charge in [-0.25, -0.2) is 0 Å². The number of aliphatic hydroxyl groups excluding tert-OH is 1. The van der Waals surface area contributed by atoms with E-state index in [9.17, 15) is 24.3 Å². The lowest BCUT2D eigenvalue weighted by Crippen LogP contribution is -2.58. The first-order chi connectivity index (χ1) is 21.4. The van der Waals surface area contributed by atoms with E-state index >= 15 is 0 Å². The fourth-order valence-corrected chi connectivity index (χ4v) is 8.08. The second kappa shape index (κ2) is 14.6. The van der Waals surface area contributed by atoms with E-state index in [1.807, 2.05) is 51.1 Å². The number of carbonyl (C=O) groups excluding carboxylic acids is 4. The Morgan fingerprint density at radius 1 is 1.20 bits per heavy atom. The molecule has 3 heterocycles. The van der Waals surface area contributed by atoms with E-state index in [-0.39, 0.29) is 61.1 Å². The third-order valence-electron chi connectivity index (χ3n) is 9.46. The van der Waals surface area contributed by atoms with Crippen molar-refractivity contribution >= 4 is 39.6 Å². The largest absolute Gasteiger partial charge is 0.455 e. The summed E-state index contributed by atoms with van der Waals surface area (Å²) in [5, 5.41) is 9.63. The summed E-state index contributed by atoms with van der Waals surface area (Å²) in [6, 6.07) is 7.57. The number of ether oxygens (including phenoxy) is 2. The highest BCUT2D eigenvalue weighted by Gasteiger charge is 2.77. The van der Waals surface area contributed by atoms with Gasteiger partial charge in [-0.2, -0.15) is 0 Å². The van der Waals surface area contributed by atoms with E-state index in [0.29, 0.717) is 18.4 Å². The van der Waals surface area contributed by atoms with Crippen LogP contribution in [-0.4, -0.2) is 105 Å². The lowest BCUT2D eigenvalue weighted by molar-refractivity contribution is -0.164. The van der Waals surface area contributed by atoms with Gasteiger partial charge in [0.2, 0.25) is 17.7 Å². The van der Waals surface area contributed by atoms with E-state index in [2.05, 4.69) is 29.1 Å². The molecule has 8 atom stereocenters. The molecule has 3 fully saturated rings. The number of alkyl halides is 1. The number of rotatable bonds is 15. The van der Waals surface area contributed by atoms with E-state index in [1.54, 1.807) is 29.0 Å². The molecular weight excluding hydrogens is 642 g/mol. The molecule has 10 nitrogen and oxygen atoms in total. The number of halogens is 1. The molecule has 0 radical (unpaired) electrons. The number of allylic oxidation sites excluding steroid dienone is 1. The molecule has 246 valence electrons. The summed E-state index contributed by atoms with van der Waals surface area (Å²) in [6.45, 7) is 13.4. The molecule has 1 unspecified atom stereocenters. The van der Waals surface area contributed by atoms with Crippen LogP contribution in [0.15, 0.2) is 55.6 Å². The van der Waals surface area contributed by atoms with Crippen molar-refractivity contribution < 1.29 is 33.8 Å². The van der Waals surface area contributed by atoms with Crippen molar-refractivity contribution in [2.45, 2.75) is 87.2 Å². The highest BCUT2D eigenvalue weighted by atomic mass is 79.9. The lowest BCUT2D eigenvalue weighted by atomic mass is 9.70. The van der Waals surface area contributed by atoms with E-state index in [0.717, 1.165) is 0 Å². The molecule has 3 saturated heterocycles. The first kappa shape index (κ1) is 34.8. The van der Waals surface area contributed by atoms with Crippen LogP contribution in [-0.2, 0) is 28.7 Å². The monoisotopic (exact) mass is 687 g/mol. The molecule has 4 rings (SSSR count). The zero-order valence-corrected chi connectivity index (χ0v) is 28.2. The molecule has 3 aliphatic rings. The smallest absolute Gasteiger partial charge is 0.313 e. The fraction of sp³-hybridized carbons (Fsp3) is 0.588. The topological polar surface area (TPSA) is 117 Å². The van der Waals surface area contributed by atoms with Gasteiger partial charge >= 0.3 is 5.97 Å². The number of nitrogens with zero attached hydrogens (tertiary/aromatic N) is 3. The maximum Gasteiger partial charge on any atom is 0.313 e. The summed E-state index contributed by atoms with van der Waals surface area (Å²) in [4.78, 5) is 60.1. The predicted molar refractivity (Wildman–Crippen MR) is 173 cm³/mol. The maximum absolute atomic E-state index is 14.3. The van der Waals surface area contributed by atoms with Gasteiger partial charge in [-0.1, -0.05) is 58.4 Å². The molecule has 0 aromatic heterocycles. The number of aliphatic hydroxyl groups is 1. The van der Waals surface area contributed by atoms with Crippen LogP contribution in [0, 0.1) is 11.8 Å².